The molecule has 0 spiro atoms. The Balaban J connectivity index is 1.51. The van der Waals surface area contributed by atoms with Crippen LogP contribution in [0.3, 0.4) is 0 Å². The van der Waals surface area contributed by atoms with Crippen molar-refractivity contribution in [1.82, 2.24) is 0 Å². The first-order valence-corrected chi connectivity index (χ1v) is 10.3. The molecule has 0 unspecified atom stereocenters. The molecule has 0 radical (unpaired) electrons. The summed E-state index contributed by atoms with van der Waals surface area (Å²) in [7, 11) is 4.33. The number of piperazine rings is 1. The number of aromatic hydroxyl groups is 3. The lowest BCUT2D eigenvalue weighted by molar-refractivity contribution is -1.01. The predicted molar refractivity (Wildman–Crippen MR) is 117 cm³/mol. The van der Waals surface area contributed by atoms with Gasteiger partial charge in [-0.2, -0.15) is 0 Å². The van der Waals surface area contributed by atoms with Crippen molar-refractivity contribution in [2.45, 2.75) is 6.92 Å². The van der Waals surface area contributed by atoms with Gasteiger partial charge in [-0.1, -0.05) is 6.07 Å². The van der Waals surface area contributed by atoms with Crippen molar-refractivity contribution in [2.75, 3.05) is 65.2 Å². The zero-order valence-corrected chi connectivity index (χ0v) is 18.1. The number of rotatable bonds is 7. The Labute approximate surface area is 178 Å². The lowest BCUT2D eigenvalue weighted by Gasteiger charge is -2.46. The van der Waals surface area contributed by atoms with Crippen LogP contribution in [0.2, 0.25) is 0 Å². The van der Waals surface area contributed by atoms with Crippen LogP contribution in [0.1, 0.15) is 15.9 Å². The number of hydrogen-bond acceptors (Lipinski definition) is 5. The smallest absolute Gasteiger partial charge is 0.220 e. The quantitative estimate of drug-likeness (QED) is 0.412. The third-order valence-corrected chi connectivity index (χ3v) is 6.36. The summed E-state index contributed by atoms with van der Waals surface area (Å²) in [6, 6.07) is 9.75. The molecule has 0 saturated carbocycles. The molecule has 2 aromatic rings. The molecule has 0 amide bonds. The monoisotopic (exact) mass is 415 g/mol. The highest BCUT2D eigenvalue weighted by Gasteiger charge is 2.38. The van der Waals surface area contributed by atoms with Crippen LogP contribution < -0.4 is 5.32 Å². The summed E-state index contributed by atoms with van der Waals surface area (Å²) in [5.74, 6) is -0.0231. The van der Waals surface area contributed by atoms with Gasteiger partial charge in [-0.3, -0.25) is 4.79 Å². The van der Waals surface area contributed by atoms with E-state index in [0.717, 1.165) is 55.0 Å². The van der Waals surface area contributed by atoms with Crippen molar-refractivity contribution in [2.24, 2.45) is 0 Å². The van der Waals surface area contributed by atoms with Gasteiger partial charge < -0.3 is 29.6 Å². The standard InChI is InChI=1S/C23H31N3O4/c1-17-4-5-18(14-21(17)28)24-8-9-25(2)10-12-26(3,13-11-25)16-23(30)20-7-6-19(27)15-22(20)29/h4-7,14-15,24H,8-13,16H2,1-3H3,(H-2,27,28,29,30)/p+2. The van der Waals surface area contributed by atoms with Gasteiger partial charge in [-0.15, -0.1) is 0 Å². The van der Waals surface area contributed by atoms with E-state index in [-0.39, 0.29) is 22.8 Å². The molecule has 2 aromatic carbocycles. The van der Waals surface area contributed by atoms with Crippen molar-refractivity contribution in [3.05, 3.63) is 47.5 Å². The van der Waals surface area contributed by atoms with Gasteiger partial charge in [0.05, 0.1) is 32.7 Å². The third-order valence-electron chi connectivity index (χ3n) is 6.36. The number of anilines is 1. The predicted octanol–water partition coefficient (Wildman–Crippen LogP) is 2.31. The Bertz CT molecular complexity index is 921. The number of nitrogens with zero attached hydrogens (tertiary/aromatic N) is 2. The molecule has 4 N–H and O–H groups in total. The summed E-state index contributed by atoms with van der Waals surface area (Å²) < 4.78 is 1.57. The van der Waals surface area contributed by atoms with E-state index in [2.05, 4.69) is 19.4 Å². The largest absolute Gasteiger partial charge is 0.508 e. The number of carbonyl (C=O) groups excluding carboxylic acids is 1. The minimum Gasteiger partial charge on any atom is -0.508 e. The maximum absolute atomic E-state index is 12.7. The average molecular weight is 416 g/mol. The van der Waals surface area contributed by atoms with Crippen molar-refractivity contribution < 1.29 is 29.1 Å². The van der Waals surface area contributed by atoms with E-state index in [9.17, 15) is 20.1 Å². The van der Waals surface area contributed by atoms with Crippen molar-refractivity contribution >= 4 is 11.5 Å². The van der Waals surface area contributed by atoms with Gasteiger partial charge in [0.15, 0.2) is 0 Å². The second-order valence-corrected chi connectivity index (χ2v) is 9.07. The number of hydrogen-bond donors (Lipinski definition) is 4. The number of aryl methyl sites for hydroxylation is 1. The Morgan fingerprint density at radius 2 is 1.60 bits per heavy atom. The number of nitrogens with one attached hydrogen (secondary N) is 1. The molecule has 1 aliphatic heterocycles. The molecular weight excluding hydrogens is 382 g/mol. The third kappa shape index (κ3) is 5.23. The Morgan fingerprint density at radius 3 is 2.23 bits per heavy atom. The second kappa shape index (κ2) is 8.53. The first-order chi connectivity index (χ1) is 14.1. The summed E-state index contributed by atoms with van der Waals surface area (Å²) in [6.45, 7) is 7.67. The van der Waals surface area contributed by atoms with E-state index in [1.807, 2.05) is 19.1 Å². The molecule has 0 aliphatic carbocycles. The number of likely N-dealkylation sites (N-methyl/N-ethyl adjacent to an activating group) is 2. The van der Waals surface area contributed by atoms with E-state index in [1.54, 1.807) is 6.07 Å². The van der Waals surface area contributed by atoms with Gasteiger partial charge in [0.1, 0.15) is 50.0 Å². The Kier molecular flexibility index (Phi) is 6.24. The number of benzene rings is 2. The maximum Gasteiger partial charge on any atom is 0.220 e. The van der Waals surface area contributed by atoms with Crippen molar-refractivity contribution in [3.8, 4) is 17.2 Å². The lowest BCUT2D eigenvalue weighted by Crippen LogP contribution is -2.65. The zero-order chi connectivity index (χ0) is 21.9. The second-order valence-electron chi connectivity index (χ2n) is 9.07. The number of Topliss-reactive ketones (excluding diaryl/α,β-unsaturated/α-hetero) is 1. The first-order valence-electron chi connectivity index (χ1n) is 10.3. The number of phenols is 3. The summed E-state index contributed by atoms with van der Waals surface area (Å²) >= 11 is 0. The van der Waals surface area contributed by atoms with E-state index in [0.29, 0.717) is 16.8 Å². The number of carbonyl (C=O) groups is 1. The van der Waals surface area contributed by atoms with Crippen LogP contribution in [0.5, 0.6) is 17.2 Å². The summed E-state index contributed by atoms with van der Waals surface area (Å²) in [5, 5.41) is 32.6. The maximum atomic E-state index is 12.7. The summed E-state index contributed by atoms with van der Waals surface area (Å²) in [5.41, 5.74) is 2.05. The van der Waals surface area contributed by atoms with E-state index >= 15 is 0 Å². The summed E-state index contributed by atoms with van der Waals surface area (Å²) in [4.78, 5) is 12.7. The molecule has 0 aromatic heterocycles. The molecule has 7 nitrogen and oxygen atoms in total. The molecular formula is C23H33N3O4+2. The van der Waals surface area contributed by atoms with Gasteiger partial charge in [0.25, 0.3) is 0 Å². The van der Waals surface area contributed by atoms with Crippen LogP contribution in [0.25, 0.3) is 0 Å². The van der Waals surface area contributed by atoms with Gasteiger partial charge in [0.2, 0.25) is 5.78 Å². The average Bonchev–Trinajstić information content (AvgIpc) is 2.67. The fourth-order valence-corrected chi connectivity index (χ4v) is 3.95. The highest BCUT2D eigenvalue weighted by Crippen LogP contribution is 2.25. The van der Waals surface area contributed by atoms with Crippen LogP contribution in [0.4, 0.5) is 5.69 Å². The van der Waals surface area contributed by atoms with E-state index in [4.69, 9.17) is 0 Å². The van der Waals surface area contributed by atoms with Crippen LogP contribution in [-0.2, 0) is 0 Å². The molecule has 162 valence electrons. The van der Waals surface area contributed by atoms with Crippen molar-refractivity contribution in [3.63, 3.8) is 0 Å². The van der Waals surface area contributed by atoms with Gasteiger partial charge >= 0.3 is 0 Å². The highest BCUT2D eigenvalue weighted by atomic mass is 16.3. The Hall–Kier alpha value is -2.77. The van der Waals surface area contributed by atoms with Crippen LogP contribution in [-0.4, -0.2) is 90.0 Å². The molecule has 0 atom stereocenters. The lowest BCUT2D eigenvalue weighted by atomic mass is 10.1. The molecule has 30 heavy (non-hydrogen) atoms. The van der Waals surface area contributed by atoms with E-state index in [1.165, 1.54) is 18.2 Å². The van der Waals surface area contributed by atoms with Crippen LogP contribution in [0, 0.1) is 6.92 Å². The van der Waals surface area contributed by atoms with Gasteiger partial charge in [0, 0.05) is 17.8 Å². The molecule has 0 bridgehead atoms. The molecule has 1 fully saturated rings. The van der Waals surface area contributed by atoms with Gasteiger partial charge in [-0.25, -0.2) is 0 Å². The number of ketones is 1. The summed E-state index contributed by atoms with van der Waals surface area (Å²) in [6.07, 6.45) is 0. The minimum atomic E-state index is -0.169. The Morgan fingerprint density at radius 1 is 0.933 bits per heavy atom. The first kappa shape index (κ1) is 21.9. The fourth-order valence-electron chi connectivity index (χ4n) is 3.95. The molecule has 1 heterocycles. The van der Waals surface area contributed by atoms with Gasteiger partial charge in [-0.05, 0) is 30.7 Å². The minimum absolute atomic E-state index is 0.0510. The van der Waals surface area contributed by atoms with Crippen LogP contribution in [0.15, 0.2) is 36.4 Å². The van der Waals surface area contributed by atoms with Crippen LogP contribution >= 0.6 is 0 Å². The highest BCUT2D eigenvalue weighted by molar-refractivity contribution is 5.99. The number of quaternary nitrogens is 2. The normalized spacial score (nSPS) is 23.8. The molecule has 7 heteroatoms. The fraction of sp³-hybridized carbons (Fsp3) is 0.435. The molecule has 3 rings (SSSR count). The topological polar surface area (TPSA) is 89.8 Å². The zero-order valence-electron chi connectivity index (χ0n) is 18.1. The SMILES string of the molecule is Cc1ccc(NCC[N+]2(C)CC[N+](C)(CC(=O)c3ccc(O)cc3O)CC2)cc1O. The number of phenolic OH excluding ortho intramolecular Hbond substituents is 3. The van der Waals surface area contributed by atoms with Crippen molar-refractivity contribution in [1.29, 1.82) is 0 Å². The molecule has 1 aliphatic rings. The van der Waals surface area contributed by atoms with E-state index < -0.39 is 0 Å². The molecule has 1 saturated heterocycles.